The Kier molecular flexibility index (Phi) is 3.27. The van der Waals surface area contributed by atoms with E-state index in [2.05, 4.69) is 16.0 Å². The number of pyridine rings is 1. The molecule has 0 atom stereocenters. The van der Waals surface area contributed by atoms with Gasteiger partial charge < -0.3 is 0 Å². The summed E-state index contributed by atoms with van der Waals surface area (Å²) in [4.78, 5) is 8.65. The number of nitriles is 1. The molecule has 2 rings (SSSR count). The fourth-order valence-corrected chi connectivity index (χ4v) is 1.48. The van der Waals surface area contributed by atoms with Gasteiger partial charge in [-0.3, -0.25) is 9.98 Å². The molecule has 0 radical (unpaired) electrons. The van der Waals surface area contributed by atoms with Crippen LogP contribution in [0.3, 0.4) is 0 Å². The van der Waals surface area contributed by atoms with Crippen molar-refractivity contribution in [2.24, 2.45) is 4.99 Å². The summed E-state index contributed by atoms with van der Waals surface area (Å²) in [5.41, 5.74) is 2.87. The van der Waals surface area contributed by atoms with Crippen molar-refractivity contribution in [1.82, 2.24) is 4.98 Å². The van der Waals surface area contributed by atoms with Crippen LogP contribution in [-0.4, -0.2) is 10.7 Å². The molecule has 17 heavy (non-hydrogen) atoms. The van der Waals surface area contributed by atoms with E-state index in [1.165, 1.54) is 0 Å². The molecule has 2 aromatic rings. The van der Waals surface area contributed by atoms with Crippen molar-refractivity contribution in [3.05, 3.63) is 59.9 Å². The highest BCUT2D eigenvalue weighted by molar-refractivity contribution is 5.98. The highest BCUT2D eigenvalue weighted by Crippen LogP contribution is 2.18. The first-order valence-corrected chi connectivity index (χ1v) is 5.27. The van der Waals surface area contributed by atoms with Crippen molar-refractivity contribution in [2.75, 3.05) is 0 Å². The summed E-state index contributed by atoms with van der Waals surface area (Å²) in [5, 5.41) is 8.97. The predicted molar refractivity (Wildman–Crippen MR) is 67.3 cm³/mol. The number of rotatable bonds is 2. The van der Waals surface area contributed by atoms with Crippen LogP contribution < -0.4 is 0 Å². The van der Waals surface area contributed by atoms with E-state index in [1.54, 1.807) is 12.3 Å². The topological polar surface area (TPSA) is 49.0 Å². The summed E-state index contributed by atoms with van der Waals surface area (Å²) in [6.07, 6.45) is 1.73. The lowest BCUT2D eigenvalue weighted by molar-refractivity contribution is 1.27. The molecule has 0 aliphatic rings. The highest BCUT2D eigenvalue weighted by atomic mass is 14.8. The van der Waals surface area contributed by atoms with Crippen LogP contribution in [-0.2, 0) is 0 Å². The van der Waals surface area contributed by atoms with Gasteiger partial charge >= 0.3 is 0 Å². The molecule has 3 heteroatoms. The van der Waals surface area contributed by atoms with E-state index < -0.39 is 0 Å². The number of benzene rings is 1. The van der Waals surface area contributed by atoms with Gasteiger partial charge in [0.25, 0.3) is 0 Å². The minimum absolute atomic E-state index is 0.572. The molecule has 1 heterocycles. The molecule has 0 saturated carbocycles. The van der Waals surface area contributed by atoms with Crippen molar-refractivity contribution < 1.29 is 0 Å². The van der Waals surface area contributed by atoms with Crippen LogP contribution in [0.15, 0.2) is 53.7 Å². The SMILES string of the molecule is CC(=Nc1ccccc1C#N)c1ccccn1. The van der Waals surface area contributed by atoms with Gasteiger partial charge in [-0.05, 0) is 31.2 Å². The second kappa shape index (κ2) is 5.04. The van der Waals surface area contributed by atoms with E-state index in [9.17, 15) is 0 Å². The standard InChI is InChI=1S/C14H11N3/c1-11(13-7-4-5-9-16-13)17-14-8-3-2-6-12(14)10-15/h2-9H,1H3. The summed E-state index contributed by atoms with van der Waals surface area (Å²) in [5.74, 6) is 0. The van der Waals surface area contributed by atoms with Gasteiger partial charge in [-0.15, -0.1) is 0 Å². The van der Waals surface area contributed by atoms with E-state index >= 15 is 0 Å². The Morgan fingerprint density at radius 3 is 2.65 bits per heavy atom. The second-order valence-corrected chi connectivity index (χ2v) is 3.54. The maximum absolute atomic E-state index is 8.97. The quantitative estimate of drug-likeness (QED) is 0.731. The number of hydrogen-bond acceptors (Lipinski definition) is 3. The van der Waals surface area contributed by atoms with Crippen LogP contribution >= 0.6 is 0 Å². The smallest absolute Gasteiger partial charge is 0.101 e. The molecule has 0 aliphatic heterocycles. The van der Waals surface area contributed by atoms with Crippen molar-refractivity contribution in [3.8, 4) is 6.07 Å². The van der Waals surface area contributed by atoms with E-state index in [4.69, 9.17) is 5.26 Å². The fraction of sp³-hybridized carbons (Fsp3) is 0.0714. The van der Waals surface area contributed by atoms with Gasteiger partial charge in [-0.2, -0.15) is 5.26 Å². The molecule has 0 fully saturated rings. The Morgan fingerprint density at radius 1 is 1.18 bits per heavy atom. The number of nitrogens with zero attached hydrogens (tertiary/aromatic N) is 3. The molecular formula is C14H11N3. The van der Waals surface area contributed by atoms with Gasteiger partial charge in [-0.25, -0.2) is 0 Å². The molecule has 1 aromatic carbocycles. The summed E-state index contributed by atoms with van der Waals surface area (Å²) >= 11 is 0. The summed E-state index contributed by atoms with van der Waals surface area (Å²) in [7, 11) is 0. The predicted octanol–water partition coefficient (Wildman–Crippen LogP) is 3.09. The molecule has 0 unspecified atom stereocenters. The third-order valence-electron chi connectivity index (χ3n) is 2.35. The minimum atomic E-state index is 0.572. The summed E-state index contributed by atoms with van der Waals surface area (Å²) in [6.45, 7) is 1.89. The average Bonchev–Trinajstić information content (AvgIpc) is 2.40. The van der Waals surface area contributed by atoms with Gasteiger partial charge in [-0.1, -0.05) is 18.2 Å². The first-order chi connectivity index (χ1) is 8.31. The molecule has 0 bridgehead atoms. The number of para-hydroxylation sites is 1. The molecule has 0 spiro atoms. The molecule has 0 aliphatic carbocycles. The molecular weight excluding hydrogens is 210 g/mol. The molecule has 0 saturated heterocycles. The summed E-state index contributed by atoms with van der Waals surface area (Å²) < 4.78 is 0. The first-order valence-electron chi connectivity index (χ1n) is 5.27. The number of aliphatic imine (C=N–C) groups is 1. The number of hydrogen-bond donors (Lipinski definition) is 0. The average molecular weight is 221 g/mol. The lowest BCUT2D eigenvalue weighted by Crippen LogP contribution is -1.96. The second-order valence-electron chi connectivity index (χ2n) is 3.54. The Balaban J connectivity index is 2.41. The third kappa shape index (κ3) is 2.56. The first kappa shape index (κ1) is 11.0. The Hall–Kier alpha value is -2.47. The van der Waals surface area contributed by atoms with Gasteiger partial charge in [0, 0.05) is 6.20 Å². The molecule has 82 valence electrons. The minimum Gasteiger partial charge on any atom is -0.255 e. The zero-order valence-electron chi connectivity index (χ0n) is 9.46. The van der Waals surface area contributed by atoms with Gasteiger partial charge in [0.05, 0.1) is 22.7 Å². The zero-order chi connectivity index (χ0) is 12.1. The van der Waals surface area contributed by atoms with Crippen LogP contribution in [0.25, 0.3) is 0 Å². The van der Waals surface area contributed by atoms with Gasteiger partial charge in [0.1, 0.15) is 6.07 Å². The molecule has 0 N–H and O–H groups in total. The van der Waals surface area contributed by atoms with Crippen LogP contribution in [0, 0.1) is 11.3 Å². The zero-order valence-corrected chi connectivity index (χ0v) is 9.46. The normalized spacial score (nSPS) is 10.9. The Labute approximate surface area is 100 Å². The number of aromatic nitrogens is 1. The van der Waals surface area contributed by atoms with E-state index in [1.807, 2.05) is 43.3 Å². The molecule has 3 nitrogen and oxygen atoms in total. The lowest BCUT2D eigenvalue weighted by atomic mass is 10.2. The largest absolute Gasteiger partial charge is 0.255 e. The Bertz CT molecular complexity index is 580. The van der Waals surface area contributed by atoms with Crippen LogP contribution in [0.5, 0.6) is 0 Å². The maximum atomic E-state index is 8.97. The van der Waals surface area contributed by atoms with E-state index in [0.29, 0.717) is 11.3 Å². The molecule has 0 amide bonds. The van der Waals surface area contributed by atoms with Crippen molar-refractivity contribution >= 4 is 11.4 Å². The lowest BCUT2D eigenvalue weighted by Gasteiger charge is -2.01. The highest BCUT2D eigenvalue weighted by Gasteiger charge is 2.01. The van der Waals surface area contributed by atoms with Crippen LogP contribution in [0.4, 0.5) is 5.69 Å². The fourth-order valence-electron chi connectivity index (χ4n) is 1.48. The third-order valence-corrected chi connectivity index (χ3v) is 2.35. The van der Waals surface area contributed by atoms with Gasteiger partial charge in [0.15, 0.2) is 0 Å². The molecule has 1 aromatic heterocycles. The van der Waals surface area contributed by atoms with E-state index in [0.717, 1.165) is 11.4 Å². The van der Waals surface area contributed by atoms with Crippen LogP contribution in [0.2, 0.25) is 0 Å². The van der Waals surface area contributed by atoms with Crippen molar-refractivity contribution in [2.45, 2.75) is 6.92 Å². The van der Waals surface area contributed by atoms with Crippen molar-refractivity contribution in [3.63, 3.8) is 0 Å². The van der Waals surface area contributed by atoms with Gasteiger partial charge in [0.2, 0.25) is 0 Å². The van der Waals surface area contributed by atoms with Crippen LogP contribution in [0.1, 0.15) is 18.2 Å². The summed E-state index contributed by atoms with van der Waals surface area (Å²) in [6, 6.07) is 15.1. The maximum Gasteiger partial charge on any atom is 0.101 e. The Morgan fingerprint density at radius 2 is 1.94 bits per heavy atom. The monoisotopic (exact) mass is 221 g/mol. The van der Waals surface area contributed by atoms with E-state index in [-0.39, 0.29) is 0 Å². The van der Waals surface area contributed by atoms with Crippen molar-refractivity contribution in [1.29, 1.82) is 5.26 Å².